The minimum Gasteiger partial charge on any atom is -0.493 e. The van der Waals surface area contributed by atoms with Gasteiger partial charge in [-0.05, 0) is 18.6 Å². The van der Waals surface area contributed by atoms with E-state index in [9.17, 15) is 0 Å². The summed E-state index contributed by atoms with van der Waals surface area (Å²) in [5.41, 5.74) is 2.36. The molecule has 3 nitrogen and oxygen atoms in total. The molecule has 0 unspecified atom stereocenters. The van der Waals surface area contributed by atoms with Crippen molar-refractivity contribution in [1.82, 2.24) is 5.32 Å². The summed E-state index contributed by atoms with van der Waals surface area (Å²) in [6, 6.07) is 16.6. The van der Waals surface area contributed by atoms with Crippen molar-refractivity contribution in [2.75, 3.05) is 14.2 Å². The summed E-state index contributed by atoms with van der Waals surface area (Å²) >= 11 is 0. The quantitative estimate of drug-likeness (QED) is 0.871. The predicted octanol–water partition coefficient (Wildman–Crippen LogP) is 3.55. The molecule has 0 saturated heterocycles. The standard InChI is InChI=1S/C17H21NO2/c1-13(14-8-5-4-6-9-14)18-12-15-10-7-11-16(19-2)17(15)20-3/h4-11,13,18H,12H2,1-3H3/t13-/m0/s1. The van der Waals surface area contributed by atoms with Crippen molar-refractivity contribution >= 4 is 0 Å². The summed E-state index contributed by atoms with van der Waals surface area (Å²) in [4.78, 5) is 0. The van der Waals surface area contributed by atoms with Crippen LogP contribution in [0.3, 0.4) is 0 Å². The van der Waals surface area contributed by atoms with Gasteiger partial charge in [-0.2, -0.15) is 0 Å². The number of hydrogen-bond acceptors (Lipinski definition) is 3. The van der Waals surface area contributed by atoms with Crippen LogP contribution >= 0.6 is 0 Å². The Morgan fingerprint density at radius 3 is 2.35 bits per heavy atom. The molecule has 1 N–H and O–H groups in total. The van der Waals surface area contributed by atoms with Crippen LogP contribution in [-0.2, 0) is 6.54 Å². The molecule has 2 aromatic rings. The van der Waals surface area contributed by atoms with E-state index in [1.54, 1.807) is 14.2 Å². The van der Waals surface area contributed by atoms with Gasteiger partial charge in [-0.3, -0.25) is 0 Å². The highest BCUT2D eigenvalue weighted by Gasteiger charge is 2.10. The molecule has 0 spiro atoms. The fraction of sp³-hybridized carbons (Fsp3) is 0.294. The van der Waals surface area contributed by atoms with Gasteiger partial charge in [0.25, 0.3) is 0 Å². The first-order valence-electron chi connectivity index (χ1n) is 6.74. The van der Waals surface area contributed by atoms with Gasteiger partial charge < -0.3 is 14.8 Å². The maximum absolute atomic E-state index is 5.44. The Labute approximate surface area is 120 Å². The molecule has 1 atom stereocenters. The molecule has 0 fully saturated rings. The van der Waals surface area contributed by atoms with Crippen LogP contribution in [0.2, 0.25) is 0 Å². The van der Waals surface area contributed by atoms with Gasteiger partial charge >= 0.3 is 0 Å². The molecule has 20 heavy (non-hydrogen) atoms. The van der Waals surface area contributed by atoms with Crippen molar-refractivity contribution in [2.45, 2.75) is 19.5 Å². The molecule has 2 aromatic carbocycles. The molecule has 106 valence electrons. The summed E-state index contributed by atoms with van der Waals surface area (Å²) in [6.07, 6.45) is 0. The Hall–Kier alpha value is -2.00. The lowest BCUT2D eigenvalue weighted by atomic mass is 10.1. The van der Waals surface area contributed by atoms with Crippen LogP contribution in [0.5, 0.6) is 11.5 Å². The Bertz CT molecular complexity index is 540. The molecule has 0 bridgehead atoms. The van der Waals surface area contributed by atoms with E-state index in [0.29, 0.717) is 0 Å². The second kappa shape index (κ2) is 6.96. The zero-order valence-corrected chi connectivity index (χ0v) is 12.2. The maximum Gasteiger partial charge on any atom is 0.165 e. The van der Waals surface area contributed by atoms with E-state index in [1.807, 2.05) is 24.3 Å². The van der Waals surface area contributed by atoms with E-state index in [2.05, 4.69) is 36.5 Å². The SMILES string of the molecule is COc1cccc(CN[C@@H](C)c2ccccc2)c1OC. The average molecular weight is 271 g/mol. The molecular formula is C17H21NO2. The molecule has 0 heterocycles. The summed E-state index contributed by atoms with van der Waals surface area (Å²) in [5, 5.41) is 3.51. The van der Waals surface area contributed by atoms with E-state index in [4.69, 9.17) is 9.47 Å². The van der Waals surface area contributed by atoms with Gasteiger partial charge in [0.2, 0.25) is 0 Å². The number of rotatable bonds is 6. The second-order valence-corrected chi connectivity index (χ2v) is 4.67. The number of benzene rings is 2. The third kappa shape index (κ3) is 3.31. The van der Waals surface area contributed by atoms with Crippen LogP contribution in [0, 0.1) is 0 Å². The first kappa shape index (κ1) is 14.4. The Morgan fingerprint density at radius 1 is 0.950 bits per heavy atom. The highest BCUT2D eigenvalue weighted by atomic mass is 16.5. The van der Waals surface area contributed by atoms with Gasteiger partial charge in [0.1, 0.15) is 0 Å². The van der Waals surface area contributed by atoms with E-state index in [-0.39, 0.29) is 6.04 Å². The van der Waals surface area contributed by atoms with E-state index < -0.39 is 0 Å². The number of nitrogens with one attached hydrogen (secondary N) is 1. The molecule has 0 saturated carbocycles. The summed E-state index contributed by atoms with van der Waals surface area (Å²) < 4.78 is 10.8. The molecule has 0 aliphatic rings. The molecule has 0 aliphatic heterocycles. The number of para-hydroxylation sites is 1. The normalized spacial score (nSPS) is 11.9. The minimum atomic E-state index is 0.284. The van der Waals surface area contributed by atoms with Crippen LogP contribution < -0.4 is 14.8 Å². The lowest BCUT2D eigenvalue weighted by Gasteiger charge is -2.17. The van der Waals surface area contributed by atoms with E-state index in [1.165, 1.54) is 5.56 Å². The summed E-state index contributed by atoms with van der Waals surface area (Å²) in [6.45, 7) is 2.89. The highest BCUT2D eigenvalue weighted by molar-refractivity contribution is 5.46. The van der Waals surface area contributed by atoms with Gasteiger partial charge in [-0.25, -0.2) is 0 Å². The monoisotopic (exact) mass is 271 g/mol. The molecular weight excluding hydrogens is 250 g/mol. The van der Waals surface area contributed by atoms with Gasteiger partial charge in [0.15, 0.2) is 11.5 Å². The average Bonchev–Trinajstić information content (AvgIpc) is 2.52. The first-order valence-corrected chi connectivity index (χ1v) is 6.74. The Kier molecular flexibility index (Phi) is 5.02. The summed E-state index contributed by atoms with van der Waals surface area (Å²) in [5.74, 6) is 1.56. The Morgan fingerprint density at radius 2 is 1.70 bits per heavy atom. The molecule has 0 aliphatic carbocycles. The molecule has 2 rings (SSSR count). The zero-order chi connectivity index (χ0) is 14.4. The number of hydrogen-bond donors (Lipinski definition) is 1. The lowest BCUT2D eigenvalue weighted by Crippen LogP contribution is -2.18. The van der Waals surface area contributed by atoms with Crippen LogP contribution in [0.4, 0.5) is 0 Å². The molecule has 3 heteroatoms. The zero-order valence-electron chi connectivity index (χ0n) is 12.2. The van der Waals surface area contributed by atoms with Crippen molar-refractivity contribution in [3.63, 3.8) is 0 Å². The largest absolute Gasteiger partial charge is 0.493 e. The van der Waals surface area contributed by atoms with Gasteiger partial charge in [0.05, 0.1) is 14.2 Å². The van der Waals surface area contributed by atoms with E-state index >= 15 is 0 Å². The maximum atomic E-state index is 5.44. The first-order chi connectivity index (χ1) is 9.76. The van der Waals surface area contributed by atoms with Crippen molar-refractivity contribution in [2.24, 2.45) is 0 Å². The smallest absolute Gasteiger partial charge is 0.165 e. The Balaban J connectivity index is 2.07. The lowest BCUT2D eigenvalue weighted by molar-refractivity contribution is 0.350. The van der Waals surface area contributed by atoms with Crippen LogP contribution in [0.15, 0.2) is 48.5 Å². The third-order valence-electron chi connectivity index (χ3n) is 3.38. The van der Waals surface area contributed by atoms with Crippen molar-refractivity contribution in [3.8, 4) is 11.5 Å². The molecule has 0 aromatic heterocycles. The molecule has 0 radical (unpaired) electrons. The van der Waals surface area contributed by atoms with Crippen molar-refractivity contribution < 1.29 is 9.47 Å². The van der Waals surface area contributed by atoms with Crippen LogP contribution in [0.1, 0.15) is 24.1 Å². The fourth-order valence-corrected chi connectivity index (χ4v) is 2.22. The highest BCUT2D eigenvalue weighted by Crippen LogP contribution is 2.30. The van der Waals surface area contributed by atoms with Crippen LogP contribution in [0.25, 0.3) is 0 Å². The van der Waals surface area contributed by atoms with Crippen molar-refractivity contribution in [1.29, 1.82) is 0 Å². The minimum absolute atomic E-state index is 0.284. The number of ether oxygens (including phenoxy) is 2. The summed E-state index contributed by atoms with van der Waals surface area (Å²) in [7, 11) is 3.32. The van der Waals surface area contributed by atoms with E-state index in [0.717, 1.165) is 23.6 Å². The van der Waals surface area contributed by atoms with Gasteiger partial charge in [0, 0.05) is 18.2 Å². The van der Waals surface area contributed by atoms with Gasteiger partial charge in [-0.15, -0.1) is 0 Å². The topological polar surface area (TPSA) is 30.5 Å². The predicted molar refractivity (Wildman–Crippen MR) is 81.2 cm³/mol. The second-order valence-electron chi connectivity index (χ2n) is 4.67. The van der Waals surface area contributed by atoms with Crippen LogP contribution in [-0.4, -0.2) is 14.2 Å². The third-order valence-corrected chi connectivity index (χ3v) is 3.38. The van der Waals surface area contributed by atoms with Gasteiger partial charge in [-0.1, -0.05) is 42.5 Å². The fourth-order valence-electron chi connectivity index (χ4n) is 2.22. The number of methoxy groups -OCH3 is 2. The van der Waals surface area contributed by atoms with Crippen molar-refractivity contribution in [3.05, 3.63) is 59.7 Å². The molecule has 0 amide bonds.